The molecule has 1 aliphatic heterocycles. The minimum absolute atomic E-state index is 0.156. The number of carbonyl (C=O) groups is 3. The highest BCUT2D eigenvalue weighted by Gasteiger charge is 2.43. The third kappa shape index (κ3) is 2.94. The Labute approximate surface area is 130 Å². The van der Waals surface area contributed by atoms with Crippen LogP contribution in [-0.4, -0.2) is 45.5 Å². The Balaban J connectivity index is 2.34. The van der Waals surface area contributed by atoms with Crippen LogP contribution in [0.3, 0.4) is 0 Å². The van der Waals surface area contributed by atoms with Crippen LogP contribution in [0.25, 0.3) is 0 Å². The summed E-state index contributed by atoms with van der Waals surface area (Å²) < 4.78 is 27.4. The van der Waals surface area contributed by atoms with Gasteiger partial charge in [-0.2, -0.15) is 0 Å². The predicted molar refractivity (Wildman–Crippen MR) is 73.8 cm³/mol. The van der Waals surface area contributed by atoms with Crippen LogP contribution in [0.4, 0.5) is 8.78 Å². The number of nitrogens with zero attached hydrogens (tertiary/aromatic N) is 1. The Hall–Kier alpha value is -2.35. The molecule has 1 heterocycles. The third-order valence-corrected chi connectivity index (χ3v) is 3.77. The van der Waals surface area contributed by atoms with Crippen LogP contribution >= 0.6 is 0 Å². The van der Waals surface area contributed by atoms with Crippen LogP contribution in [-0.2, 0) is 4.79 Å². The lowest BCUT2D eigenvalue weighted by atomic mass is 9.98. The van der Waals surface area contributed by atoms with E-state index in [0.717, 1.165) is 12.1 Å². The zero-order valence-corrected chi connectivity index (χ0v) is 12.3. The molecule has 6 nitrogen and oxygen atoms in total. The van der Waals surface area contributed by atoms with Gasteiger partial charge in [0, 0.05) is 6.54 Å². The molecular weight excluding hydrogens is 312 g/mol. The number of hydrogen-bond donors (Lipinski definition) is 2. The first-order chi connectivity index (χ1) is 10.8. The average Bonchev–Trinajstić information content (AvgIpc) is 2.73. The fourth-order valence-corrected chi connectivity index (χ4v) is 2.56. The highest BCUT2D eigenvalue weighted by atomic mass is 19.1. The van der Waals surface area contributed by atoms with E-state index in [4.69, 9.17) is 0 Å². The number of imide groups is 1. The molecule has 23 heavy (non-hydrogen) atoms. The Bertz CT molecular complexity index is 635. The van der Waals surface area contributed by atoms with E-state index < -0.39 is 59.1 Å². The molecule has 0 saturated carbocycles. The first-order valence-corrected chi connectivity index (χ1v) is 7.04. The molecule has 8 heteroatoms. The number of benzene rings is 1. The maximum atomic E-state index is 13.7. The molecule has 0 aromatic heterocycles. The maximum Gasteiger partial charge on any atom is 0.310 e. The van der Waals surface area contributed by atoms with Crippen molar-refractivity contribution in [2.24, 2.45) is 5.92 Å². The summed E-state index contributed by atoms with van der Waals surface area (Å²) in [7, 11) is 0. The zero-order chi connectivity index (χ0) is 17.3. The SMILES string of the molecule is CCC[C@@H](O)[C@@H](CN1C(=O)c2c(F)ccc(F)c2C1=O)C(=O)O. The molecule has 1 aliphatic rings. The largest absolute Gasteiger partial charge is 0.481 e. The highest BCUT2D eigenvalue weighted by Crippen LogP contribution is 2.29. The normalized spacial score (nSPS) is 16.4. The van der Waals surface area contributed by atoms with Crippen molar-refractivity contribution in [2.75, 3.05) is 6.54 Å². The topological polar surface area (TPSA) is 94.9 Å². The molecule has 0 aliphatic carbocycles. The molecule has 0 fully saturated rings. The van der Waals surface area contributed by atoms with E-state index in [2.05, 4.69) is 0 Å². The van der Waals surface area contributed by atoms with E-state index in [9.17, 15) is 33.4 Å². The summed E-state index contributed by atoms with van der Waals surface area (Å²) in [5.74, 6) is -7.13. The molecule has 0 spiro atoms. The second-order valence-corrected chi connectivity index (χ2v) is 5.30. The summed E-state index contributed by atoms with van der Waals surface area (Å²) in [5.41, 5.74) is -1.41. The number of aliphatic hydroxyl groups is 1. The molecule has 2 rings (SSSR count). The molecule has 1 aromatic rings. The quantitative estimate of drug-likeness (QED) is 0.771. The molecule has 2 N–H and O–H groups in total. The van der Waals surface area contributed by atoms with Crippen molar-refractivity contribution in [2.45, 2.75) is 25.9 Å². The number of aliphatic hydroxyl groups excluding tert-OH is 1. The first-order valence-electron chi connectivity index (χ1n) is 7.04. The van der Waals surface area contributed by atoms with Gasteiger partial charge in [0.1, 0.15) is 17.6 Å². The Morgan fingerprint density at radius 3 is 2.04 bits per heavy atom. The molecule has 2 amide bonds. The van der Waals surface area contributed by atoms with Crippen LogP contribution in [0.15, 0.2) is 12.1 Å². The van der Waals surface area contributed by atoms with E-state index in [0.29, 0.717) is 11.3 Å². The van der Waals surface area contributed by atoms with Crippen molar-refractivity contribution < 1.29 is 33.4 Å². The number of carbonyl (C=O) groups excluding carboxylic acids is 2. The van der Waals surface area contributed by atoms with E-state index in [1.807, 2.05) is 0 Å². The summed E-state index contributed by atoms with van der Waals surface area (Å²) >= 11 is 0. The monoisotopic (exact) mass is 327 g/mol. The van der Waals surface area contributed by atoms with E-state index in [1.165, 1.54) is 0 Å². The third-order valence-electron chi connectivity index (χ3n) is 3.77. The standard InChI is InChI=1S/C15H15F2NO5/c1-2-3-10(19)7(15(22)23)6-18-13(20)11-8(16)4-5-9(17)12(11)14(18)21/h4-5,7,10,19H,2-3,6H2,1H3,(H,22,23)/t7-,10-/m1/s1. The molecule has 1 aromatic carbocycles. The van der Waals surface area contributed by atoms with Crippen molar-refractivity contribution in [1.29, 1.82) is 0 Å². The minimum atomic E-state index is -1.43. The molecule has 0 radical (unpaired) electrons. The van der Waals surface area contributed by atoms with Gasteiger partial charge in [-0.15, -0.1) is 0 Å². The van der Waals surface area contributed by atoms with Crippen molar-refractivity contribution in [1.82, 2.24) is 4.90 Å². The van der Waals surface area contributed by atoms with Crippen molar-refractivity contribution in [3.05, 3.63) is 34.9 Å². The molecular formula is C15H15F2NO5. The second kappa shape index (κ2) is 6.41. The number of rotatable bonds is 6. The van der Waals surface area contributed by atoms with Gasteiger partial charge in [-0.25, -0.2) is 8.78 Å². The van der Waals surface area contributed by atoms with Gasteiger partial charge >= 0.3 is 5.97 Å². The molecule has 2 atom stereocenters. The fourth-order valence-electron chi connectivity index (χ4n) is 2.56. The smallest absolute Gasteiger partial charge is 0.310 e. The van der Waals surface area contributed by atoms with Crippen molar-refractivity contribution in [3.8, 4) is 0 Å². The lowest BCUT2D eigenvalue weighted by Crippen LogP contribution is -2.42. The van der Waals surface area contributed by atoms with Gasteiger partial charge < -0.3 is 10.2 Å². The van der Waals surface area contributed by atoms with Gasteiger partial charge in [-0.05, 0) is 18.6 Å². The number of amides is 2. The van der Waals surface area contributed by atoms with Crippen LogP contribution in [0, 0.1) is 17.6 Å². The summed E-state index contributed by atoms with van der Waals surface area (Å²) in [5, 5.41) is 19.0. The first kappa shape index (κ1) is 17.0. The zero-order valence-electron chi connectivity index (χ0n) is 12.3. The minimum Gasteiger partial charge on any atom is -0.481 e. The van der Waals surface area contributed by atoms with E-state index in [-0.39, 0.29) is 6.42 Å². The van der Waals surface area contributed by atoms with E-state index in [1.54, 1.807) is 6.92 Å². The average molecular weight is 327 g/mol. The predicted octanol–water partition coefficient (Wildman–Crippen LogP) is 1.42. The van der Waals surface area contributed by atoms with E-state index >= 15 is 0 Å². The van der Waals surface area contributed by atoms with Gasteiger partial charge in [-0.1, -0.05) is 13.3 Å². The molecule has 0 bridgehead atoms. The summed E-state index contributed by atoms with van der Waals surface area (Å²) in [6.45, 7) is 1.08. The summed E-state index contributed by atoms with van der Waals surface area (Å²) in [6, 6.07) is 1.45. The van der Waals surface area contributed by atoms with Crippen LogP contribution in [0.1, 0.15) is 40.5 Å². The van der Waals surface area contributed by atoms with Crippen LogP contribution in [0.5, 0.6) is 0 Å². The molecule has 0 saturated heterocycles. The van der Waals surface area contributed by atoms with Crippen LogP contribution in [0.2, 0.25) is 0 Å². The number of fused-ring (bicyclic) bond motifs is 1. The number of aliphatic carboxylic acids is 1. The summed E-state index contributed by atoms with van der Waals surface area (Å²) in [6.07, 6.45) is -0.629. The van der Waals surface area contributed by atoms with Gasteiger partial charge in [0.2, 0.25) is 0 Å². The van der Waals surface area contributed by atoms with Gasteiger partial charge in [0.15, 0.2) is 0 Å². The fraction of sp³-hybridized carbons (Fsp3) is 0.400. The second-order valence-electron chi connectivity index (χ2n) is 5.30. The Morgan fingerprint density at radius 2 is 1.65 bits per heavy atom. The number of carboxylic acid groups (broad SMARTS) is 1. The molecule has 124 valence electrons. The number of halogens is 2. The number of hydrogen-bond acceptors (Lipinski definition) is 4. The summed E-state index contributed by atoms with van der Waals surface area (Å²) in [4.78, 5) is 36.0. The Kier molecular flexibility index (Phi) is 4.74. The highest BCUT2D eigenvalue weighted by molar-refractivity contribution is 6.21. The Morgan fingerprint density at radius 1 is 1.17 bits per heavy atom. The number of carboxylic acids is 1. The lowest BCUT2D eigenvalue weighted by molar-refractivity contribution is -0.146. The van der Waals surface area contributed by atoms with Gasteiger partial charge in [0.25, 0.3) is 11.8 Å². The van der Waals surface area contributed by atoms with Gasteiger partial charge in [0.05, 0.1) is 17.2 Å². The van der Waals surface area contributed by atoms with Crippen molar-refractivity contribution in [3.63, 3.8) is 0 Å². The van der Waals surface area contributed by atoms with Crippen molar-refractivity contribution >= 4 is 17.8 Å². The van der Waals surface area contributed by atoms with Crippen LogP contribution < -0.4 is 0 Å². The van der Waals surface area contributed by atoms with Gasteiger partial charge in [-0.3, -0.25) is 19.3 Å². The maximum absolute atomic E-state index is 13.7. The lowest BCUT2D eigenvalue weighted by Gasteiger charge is -2.23. The molecule has 0 unspecified atom stereocenters.